The second-order valence-electron chi connectivity index (χ2n) is 12.0. The topological polar surface area (TPSA) is 113 Å². The Hall–Kier alpha value is -3.78. The van der Waals surface area contributed by atoms with Crippen LogP contribution in [0.2, 0.25) is 0 Å². The Morgan fingerprint density at radius 2 is 1.71 bits per heavy atom. The van der Waals surface area contributed by atoms with Crippen LogP contribution in [0.5, 0.6) is 0 Å². The van der Waals surface area contributed by atoms with Gasteiger partial charge in [-0.2, -0.15) is 5.26 Å². The largest absolute Gasteiger partial charge is 0.388 e. The van der Waals surface area contributed by atoms with Crippen molar-refractivity contribution in [3.05, 3.63) is 48.3 Å². The molecule has 9 nitrogen and oxygen atoms in total. The van der Waals surface area contributed by atoms with Crippen molar-refractivity contribution in [2.75, 3.05) is 30.4 Å². The van der Waals surface area contributed by atoms with Crippen molar-refractivity contribution in [1.82, 2.24) is 15.2 Å². The molecule has 1 saturated carbocycles. The van der Waals surface area contributed by atoms with E-state index in [-0.39, 0.29) is 43.5 Å². The number of aliphatic hydroxyl groups is 1. The molecule has 0 radical (unpaired) electrons. The van der Waals surface area contributed by atoms with Crippen LogP contribution in [0.25, 0.3) is 0 Å². The maximum atomic E-state index is 14.3. The van der Waals surface area contributed by atoms with E-state index in [9.17, 15) is 48.2 Å². The van der Waals surface area contributed by atoms with Crippen LogP contribution in [-0.2, 0) is 9.59 Å². The zero-order valence-corrected chi connectivity index (χ0v) is 25.4. The Bertz CT molecular complexity index is 1490. The molecule has 17 heteroatoms. The summed E-state index contributed by atoms with van der Waals surface area (Å²) in [5, 5.41) is 23.1. The summed E-state index contributed by atoms with van der Waals surface area (Å²) in [4.78, 5) is 33.6. The van der Waals surface area contributed by atoms with Crippen molar-refractivity contribution in [3.8, 4) is 6.19 Å². The molecule has 0 spiro atoms. The molecular formula is C28H33F7N6O3S. The molecule has 0 bridgehead atoms. The molecule has 1 saturated heterocycles. The maximum absolute atomic E-state index is 14.3. The van der Waals surface area contributed by atoms with Gasteiger partial charge in [-0.1, -0.05) is 19.4 Å². The summed E-state index contributed by atoms with van der Waals surface area (Å²) in [5.41, 5.74) is -1.53. The third-order valence-electron chi connectivity index (χ3n) is 7.91. The van der Waals surface area contributed by atoms with Crippen LogP contribution in [0, 0.1) is 11.5 Å². The average molecular weight is 667 g/mol. The van der Waals surface area contributed by atoms with Gasteiger partial charge in [0.05, 0.1) is 12.1 Å². The van der Waals surface area contributed by atoms with E-state index in [0.29, 0.717) is 17.8 Å². The highest BCUT2D eigenvalue weighted by atomic mass is 32.5. The van der Waals surface area contributed by atoms with Crippen LogP contribution in [0.1, 0.15) is 50.6 Å². The van der Waals surface area contributed by atoms with E-state index < -0.39 is 75.1 Å². The van der Waals surface area contributed by atoms with Crippen molar-refractivity contribution in [1.29, 1.82) is 5.26 Å². The van der Waals surface area contributed by atoms with E-state index in [0.717, 1.165) is 9.80 Å². The van der Waals surface area contributed by atoms with Gasteiger partial charge in [0.2, 0.25) is 11.8 Å². The first-order chi connectivity index (χ1) is 20.5. The van der Waals surface area contributed by atoms with Crippen molar-refractivity contribution < 1.29 is 42.9 Å². The quantitative estimate of drug-likeness (QED) is 0.267. The molecule has 248 valence electrons. The standard InChI is InChI=1S/C28H33F7N6O3S/c1-27(44)14-23(40(16-27)17-36)26(43)41(19-4-6-20(7-5-19)45(31,32,33,34)35)24(21-15-37-13-10-22(21)39(2)3)25(42)38-18-8-11-28(29,30)12-9-18/h4-7,10,13,15,18,23-24,44H,8-9,11-12,14,16H2,1-3H3,(H,38,42)/t23-,24?,27-/m1/s1. The molecule has 1 unspecified atom stereocenters. The number of likely N-dealkylation sites (tertiary alicyclic amines) is 1. The number of alkyl halides is 2. The van der Waals surface area contributed by atoms with Gasteiger partial charge in [0.25, 0.3) is 5.91 Å². The minimum Gasteiger partial charge on any atom is -0.388 e. The van der Waals surface area contributed by atoms with E-state index >= 15 is 0 Å². The van der Waals surface area contributed by atoms with Crippen molar-refractivity contribution in [2.45, 2.75) is 73.6 Å². The van der Waals surface area contributed by atoms with Crippen LogP contribution in [0.15, 0.2) is 47.6 Å². The number of hydrogen-bond donors (Lipinski definition) is 2. The smallest absolute Gasteiger partial charge is 0.310 e. The fourth-order valence-corrected chi connectivity index (χ4v) is 6.35. The molecular weight excluding hydrogens is 633 g/mol. The number of nitrogens with zero attached hydrogens (tertiary/aromatic N) is 5. The van der Waals surface area contributed by atoms with Gasteiger partial charge in [0.15, 0.2) is 6.19 Å². The van der Waals surface area contributed by atoms with E-state index in [1.54, 1.807) is 25.2 Å². The second kappa shape index (κ2) is 10.9. The minimum absolute atomic E-state index is 0.0690. The van der Waals surface area contributed by atoms with Crippen LogP contribution in [-0.4, -0.2) is 71.1 Å². The fourth-order valence-electron chi connectivity index (χ4n) is 5.70. The molecule has 2 aliphatic rings. The number of carbonyl (C=O) groups excluding carboxylic acids is 2. The highest BCUT2D eigenvalue weighted by Crippen LogP contribution is 3.02. The molecule has 2 fully saturated rings. The molecule has 1 aromatic carbocycles. The van der Waals surface area contributed by atoms with Gasteiger partial charge < -0.3 is 15.3 Å². The monoisotopic (exact) mass is 666 g/mol. The summed E-state index contributed by atoms with van der Waals surface area (Å²) in [6.07, 6.45) is 2.91. The molecule has 2 heterocycles. The molecule has 1 aliphatic heterocycles. The first-order valence-electron chi connectivity index (χ1n) is 13.9. The first-order valence-corrected chi connectivity index (χ1v) is 15.8. The number of hydrogen-bond acceptors (Lipinski definition) is 7. The fraction of sp³-hybridized carbons (Fsp3) is 0.500. The van der Waals surface area contributed by atoms with Crippen molar-refractivity contribution in [2.24, 2.45) is 0 Å². The molecule has 2 N–H and O–H groups in total. The van der Waals surface area contributed by atoms with Crippen LogP contribution in [0.4, 0.5) is 39.6 Å². The normalized spacial score (nSPS) is 24.1. The summed E-state index contributed by atoms with van der Waals surface area (Å²) in [6.45, 7) is 1.09. The number of aromatic nitrogens is 1. The molecule has 1 aliphatic carbocycles. The zero-order chi connectivity index (χ0) is 33.7. The number of benzene rings is 1. The number of halogens is 7. The Balaban J connectivity index is 1.89. The third-order valence-corrected chi connectivity index (χ3v) is 9.07. The summed E-state index contributed by atoms with van der Waals surface area (Å²) in [5.74, 6) is -4.83. The first kappa shape index (κ1) is 34.1. The molecule has 4 rings (SSSR count). The molecule has 1 aromatic heterocycles. The second-order valence-corrected chi connectivity index (χ2v) is 14.4. The SMILES string of the molecule is CN(C)c1ccncc1C(C(=O)NC1CCC(F)(F)CC1)N(C(=O)[C@H]1C[C@@](C)(O)CN1C#N)c1ccc(S(F)(F)(F)(F)F)cc1. The lowest BCUT2D eigenvalue weighted by Gasteiger charge is -2.41. The molecule has 3 atom stereocenters. The van der Waals surface area contributed by atoms with Crippen LogP contribution < -0.4 is 15.1 Å². The maximum Gasteiger partial charge on any atom is 0.310 e. The molecule has 2 amide bonds. The van der Waals surface area contributed by atoms with E-state index in [1.807, 2.05) is 0 Å². The summed E-state index contributed by atoms with van der Waals surface area (Å²) < 4.78 is 95.7. The minimum atomic E-state index is -10.1. The van der Waals surface area contributed by atoms with Gasteiger partial charge >= 0.3 is 10.2 Å². The number of β-amino-alcohol motifs (C(OH)–C–C–N with tert-alkyl or cyclic N) is 1. The number of rotatable bonds is 8. The zero-order valence-electron chi connectivity index (χ0n) is 24.6. The van der Waals surface area contributed by atoms with Crippen molar-refractivity contribution in [3.63, 3.8) is 0 Å². The van der Waals surface area contributed by atoms with Gasteiger partial charge in [-0.05, 0) is 50.1 Å². The van der Waals surface area contributed by atoms with Gasteiger partial charge in [0, 0.05) is 68.7 Å². The molecule has 45 heavy (non-hydrogen) atoms. The molecule has 2 aromatic rings. The highest BCUT2D eigenvalue weighted by Gasteiger charge is 2.65. The van der Waals surface area contributed by atoms with Crippen molar-refractivity contribution >= 4 is 33.4 Å². The lowest BCUT2D eigenvalue weighted by Crippen LogP contribution is -2.52. The lowest BCUT2D eigenvalue weighted by molar-refractivity contribution is -0.129. The Morgan fingerprint density at radius 3 is 2.24 bits per heavy atom. The number of nitrogens with one attached hydrogen (secondary N) is 1. The predicted octanol–water partition coefficient (Wildman–Crippen LogP) is 5.88. The predicted molar refractivity (Wildman–Crippen MR) is 153 cm³/mol. The summed E-state index contributed by atoms with van der Waals surface area (Å²) in [7, 11) is -6.91. The third kappa shape index (κ3) is 7.72. The number of anilines is 2. The van der Waals surface area contributed by atoms with Gasteiger partial charge in [0.1, 0.15) is 17.0 Å². The van der Waals surface area contributed by atoms with Gasteiger partial charge in [-0.3, -0.25) is 24.4 Å². The summed E-state index contributed by atoms with van der Waals surface area (Å²) in [6, 6.07) is -0.944. The Labute approximate surface area is 255 Å². The number of amides is 2. The Morgan fingerprint density at radius 1 is 1.11 bits per heavy atom. The highest BCUT2D eigenvalue weighted by molar-refractivity contribution is 8.45. The number of pyridine rings is 1. The number of nitriles is 1. The summed E-state index contributed by atoms with van der Waals surface area (Å²) >= 11 is 0. The van der Waals surface area contributed by atoms with Gasteiger partial charge in [-0.15, -0.1) is 0 Å². The lowest BCUT2D eigenvalue weighted by atomic mass is 9.91. The Kier molecular flexibility index (Phi) is 8.29. The van der Waals surface area contributed by atoms with E-state index in [4.69, 9.17) is 0 Å². The van der Waals surface area contributed by atoms with E-state index in [1.165, 1.54) is 25.4 Å². The van der Waals surface area contributed by atoms with E-state index in [2.05, 4.69) is 10.3 Å². The van der Waals surface area contributed by atoms with Crippen LogP contribution >= 0.6 is 10.2 Å². The average Bonchev–Trinajstić information content (AvgIpc) is 3.25. The number of carbonyl (C=O) groups is 2. The van der Waals surface area contributed by atoms with Crippen LogP contribution in [0.3, 0.4) is 0 Å². The van der Waals surface area contributed by atoms with Gasteiger partial charge in [-0.25, -0.2) is 8.78 Å².